The predicted octanol–water partition coefficient (Wildman–Crippen LogP) is 0.525. The molecule has 0 N–H and O–H groups in total. The zero-order chi connectivity index (χ0) is 11.1. The summed E-state index contributed by atoms with van der Waals surface area (Å²) in [6.45, 7) is 0. The van der Waals surface area contributed by atoms with E-state index in [9.17, 15) is 18.0 Å². The largest absolute Gasteiger partial charge is 0.573 e. The molecule has 15 heavy (non-hydrogen) atoms. The molecule has 0 bridgehead atoms. The summed E-state index contributed by atoms with van der Waals surface area (Å²) in [6, 6.07) is 3.97. The van der Waals surface area contributed by atoms with Crippen molar-refractivity contribution in [2.45, 2.75) is 6.36 Å². The van der Waals surface area contributed by atoms with Gasteiger partial charge in [-0.3, -0.25) is 4.79 Å². The molecule has 1 aromatic rings. The van der Waals surface area contributed by atoms with Crippen LogP contribution in [0.15, 0.2) is 23.2 Å². The van der Waals surface area contributed by atoms with Crippen molar-refractivity contribution >= 4 is 12.0 Å². The van der Waals surface area contributed by atoms with E-state index in [1.54, 1.807) is 0 Å². The van der Waals surface area contributed by atoms with Crippen molar-refractivity contribution in [2.75, 3.05) is 0 Å². The second-order valence-electron chi connectivity index (χ2n) is 2.84. The van der Waals surface area contributed by atoms with Crippen LogP contribution in [0.25, 0.3) is 6.08 Å². The number of carbonyl (C=O) groups is 1. The average Bonchev–Trinajstić information content (AvgIpc) is 2.43. The van der Waals surface area contributed by atoms with Crippen LogP contribution in [-0.2, 0) is 4.79 Å². The van der Waals surface area contributed by atoms with E-state index in [-0.39, 0.29) is 5.36 Å². The smallest absolute Gasteiger partial charge is 0.403 e. The minimum absolute atomic E-state index is 0.0696. The van der Waals surface area contributed by atoms with Gasteiger partial charge in [0.05, 0.1) is 0 Å². The number of hydrogen-bond acceptors (Lipinski definition) is 2. The third kappa shape index (κ3) is 1.98. The van der Waals surface area contributed by atoms with Gasteiger partial charge >= 0.3 is 6.36 Å². The highest BCUT2D eigenvalue weighted by atomic mass is 19.4. The van der Waals surface area contributed by atoms with Gasteiger partial charge < -0.3 is 4.74 Å². The lowest BCUT2D eigenvalue weighted by atomic mass is 10.3. The second-order valence-corrected chi connectivity index (χ2v) is 2.84. The van der Waals surface area contributed by atoms with Crippen LogP contribution in [0.3, 0.4) is 0 Å². The molecule has 0 saturated heterocycles. The molecule has 1 heterocycles. The van der Waals surface area contributed by atoms with Gasteiger partial charge in [0.2, 0.25) is 0 Å². The predicted molar refractivity (Wildman–Crippen MR) is 43.4 cm³/mol. The number of carbonyl (C=O) groups excluding carboxylic acids is 1. The molecule has 0 saturated carbocycles. The van der Waals surface area contributed by atoms with Crippen LogP contribution in [-0.4, -0.2) is 12.3 Å². The van der Waals surface area contributed by atoms with Gasteiger partial charge in [0.25, 0.3) is 5.91 Å². The molecular weight excluding hydrogens is 211 g/mol. The molecule has 0 atom stereocenters. The quantitative estimate of drug-likeness (QED) is 0.685. The van der Waals surface area contributed by atoms with Crippen molar-refractivity contribution in [3.63, 3.8) is 0 Å². The number of rotatable bonds is 1. The van der Waals surface area contributed by atoms with Gasteiger partial charge in [0, 0.05) is 11.3 Å². The molecule has 0 unspecified atom stereocenters. The van der Waals surface area contributed by atoms with E-state index >= 15 is 0 Å². The van der Waals surface area contributed by atoms with Crippen LogP contribution in [0.4, 0.5) is 13.2 Å². The Morgan fingerprint density at radius 2 is 2.00 bits per heavy atom. The highest BCUT2D eigenvalue weighted by molar-refractivity contribution is 6.06. The normalized spacial score (nSPS) is 14.2. The zero-order valence-electron chi connectivity index (χ0n) is 7.21. The van der Waals surface area contributed by atoms with Crippen molar-refractivity contribution in [1.82, 2.24) is 0 Å². The molecule has 0 spiro atoms. The van der Waals surface area contributed by atoms with Gasteiger partial charge in [-0.2, -0.15) is 0 Å². The van der Waals surface area contributed by atoms with Crippen molar-refractivity contribution in [3.05, 3.63) is 28.8 Å². The summed E-state index contributed by atoms with van der Waals surface area (Å²) < 4.78 is 39.6. The topological polar surface area (TPSA) is 38.7 Å². The molecule has 0 radical (unpaired) electrons. The van der Waals surface area contributed by atoms with Crippen LogP contribution in [0.1, 0.15) is 0 Å². The van der Waals surface area contributed by atoms with Crippen molar-refractivity contribution in [3.8, 4) is 5.75 Å². The standard InChI is InChI=1S/C9H4F3NO2/c10-9(11,12)15-6-3-1-2-5-4-7(14)13-8(5)6/h1-4H. The molecule has 0 aliphatic carbocycles. The van der Waals surface area contributed by atoms with Crippen molar-refractivity contribution in [2.24, 2.45) is 4.99 Å². The maximum atomic E-state index is 11.9. The maximum absolute atomic E-state index is 11.9. The Balaban J connectivity index is 2.55. The summed E-state index contributed by atoms with van der Waals surface area (Å²) in [7, 11) is 0. The first-order valence-electron chi connectivity index (χ1n) is 3.95. The molecule has 1 aliphatic heterocycles. The van der Waals surface area contributed by atoms with Gasteiger partial charge in [-0.15, -0.1) is 13.2 Å². The SMILES string of the molecule is O=C1C=c2cccc(OC(F)(F)F)c2=N1. The first kappa shape index (κ1) is 9.70. The number of halogens is 3. The summed E-state index contributed by atoms with van der Waals surface area (Å²) in [5, 5.41) is 0.265. The minimum Gasteiger partial charge on any atom is -0.403 e. The summed E-state index contributed by atoms with van der Waals surface area (Å²) in [4.78, 5) is 14.3. The molecular formula is C9H4F3NO2. The Morgan fingerprint density at radius 3 is 2.67 bits per heavy atom. The van der Waals surface area contributed by atoms with Crippen LogP contribution in [0, 0.1) is 0 Å². The number of alkyl halides is 3. The highest BCUT2D eigenvalue weighted by Crippen LogP contribution is 2.18. The fourth-order valence-electron chi connectivity index (χ4n) is 1.26. The number of fused-ring (bicyclic) bond motifs is 1. The first-order valence-corrected chi connectivity index (χ1v) is 3.95. The number of para-hydroxylation sites is 1. The lowest BCUT2D eigenvalue weighted by Crippen LogP contribution is -2.28. The van der Waals surface area contributed by atoms with Gasteiger partial charge in [-0.05, 0) is 6.07 Å². The Kier molecular flexibility index (Phi) is 1.99. The van der Waals surface area contributed by atoms with E-state index in [1.165, 1.54) is 12.1 Å². The van der Waals surface area contributed by atoms with E-state index in [2.05, 4.69) is 9.73 Å². The summed E-state index contributed by atoms with van der Waals surface area (Å²) in [5.41, 5.74) is 0. The lowest BCUT2D eigenvalue weighted by molar-refractivity contribution is -0.275. The summed E-state index contributed by atoms with van der Waals surface area (Å²) >= 11 is 0. The van der Waals surface area contributed by atoms with Crippen LogP contribution in [0.5, 0.6) is 5.75 Å². The number of benzene rings is 1. The Hall–Kier alpha value is -1.85. The van der Waals surface area contributed by atoms with Crippen LogP contribution < -0.4 is 15.3 Å². The maximum Gasteiger partial charge on any atom is 0.573 e. The van der Waals surface area contributed by atoms with Gasteiger partial charge in [-0.1, -0.05) is 12.1 Å². The van der Waals surface area contributed by atoms with E-state index in [1.807, 2.05) is 0 Å². The monoisotopic (exact) mass is 215 g/mol. The Labute approximate surface area is 81.5 Å². The first-order chi connectivity index (χ1) is 6.96. The van der Waals surface area contributed by atoms with Crippen LogP contribution in [0.2, 0.25) is 0 Å². The lowest BCUT2D eigenvalue weighted by Gasteiger charge is -2.07. The average molecular weight is 215 g/mol. The molecule has 3 nitrogen and oxygen atoms in total. The molecule has 6 heteroatoms. The second kappa shape index (κ2) is 3.08. The van der Waals surface area contributed by atoms with E-state index < -0.39 is 18.0 Å². The van der Waals surface area contributed by atoms with E-state index in [4.69, 9.17) is 0 Å². The third-order valence-corrected chi connectivity index (χ3v) is 1.76. The van der Waals surface area contributed by atoms with Gasteiger partial charge in [0.15, 0.2) is 5.75 Å². The molecule has 1 aromatic carbocycles. The molecule has 1 aliphatic rings. The van der Waals surface area contributed by atoms with E-state index in [0.29, 0.717) is 5.22 Å². The van der Waals surface area contributed by atoms with E-state index in [0.717, 1.165) is 12.1 Å². The van der Waals surface area contributed by atoms with Crippen LogP contribution >= 0.6 is 0 Å². The fourth-order valence-corrected chi connectivity index (χ4v) is 1.26. The van der Waals surface area contributed by atoms with Gasteiger partial charge in [-0.25, -0.2) is 4.99 Å². The highest BCUT2D eigenvalue weighted by Gasteiger charge is 2.32. The fraction of sp³-hybridized carbons (Fsp3) is 0.111. The minimum atomic E-state index is -4.78. The molecule has 0 fully saturated rings. The van der Waals surface area contributed by atoms with Crippen molar-refractivity contribution in [1.29, 1.82) is 0 Å². The number of nitrogens with zero attached hydrogens (tertiary/aromatic N) is 1. The third-order valence-electron chi connectivity index (χ3n) is 1.76. The number of ether oxygens (including phenoxy) is 1. The Bertz CT molecular complexity index is 533. The molecule has 0 aromatic heterocycles. The zero-order valence-corrected chi connectivity index (χ0v) is 7.21. The summed E-state index contributed by atoms with van der Waals surface area (Å²) in [6.07, 6.45) is -3.63. The molecule has 78 valence electrons. The summed E-state index contributed by atoms with van der Waals surface area (Å²) in [5.74, 6) is -1.04. The Morgan fingerprint density at radius 1 is 1.27 bits per heavy atom. The molecule has 1 amide bonds. The van der Waals surface area contributed by atoms with Crippen molar-refractivity contribution < 1.29 is 22.7 Å². The molecule has 2 rings (SSSR count). The van der Waals surface area contributed by atoms with Gasteiger partial charge in [0.1, 0.15) is 5.36 Å². The number of hydrogen-bond donors (Lipinski definition) is 0. The number of amides is 1.